The molecule has 0 spiro atoms. The lowest BCUT2D eigenvalue weighted by Gasteiger charge is -2.46. The van der Waals surface area contributed by atoms with Crippen molar-refractivity contribution in [3.8, 4) is 0 Å². The molecule has 0 aromatic heterocycles. The molecule has 2 heteroatoms. The zero-order valence-corrected chi connectivity index (χ0v) is 15.4. The van der Waals surface area contributed by atoms with Crippen molar-refractivity contribution in [3.05, 3.63) is 84.4 Å². The fourth-order valence-electron chi connectivity index (χ4n) is 4.72. The van der Waals surface area contributed by atoms with Gasteiger partial charge in [-0.05, 0) is 54.2 Å². The molecule has 2 aliphatic heterocycles. The first-order valence-corrected chi connectivity index (χ1v) is 9.55. The zero-order chi connectivity index (χ0) is 17.7. The highest BCUT2D eigenvalue weighted by molar-refractivity contribution is 5.90. The van der Waals surface area contributed by atoms with E-state index in [2.05, 4.69) is 103 Å². The standard InChI is InChI=1S/C24H24N2/c1-3-24(2)17-23-25(18-11-5-4-6-12-18)21-15-9-10-16-22(21)26(23)20-14-8-7-13-19(20)24/h4-16,23H,3,17H2,1-2H3. The van der Waals surface area contributed by atoms with Gasteiger partial charge in [0.05, 0.1) is 11.4 Å². The second-order valence-corrected chi connectivity index (χ2v) is 7.68. The number of benzene rings is 3. The smallest absolute Gasteiger partial charge is 0.112 e. The maximum absolute atomic E-state index is 2.55. The van der Waals surface area contributed by atoms with E-state index in [1.807, 2.05) is 0 Å². The van der Waals surface area contributed by atoms with Gasteiger partial charge in [0.2, 0.25) is 0 Å². The van der Waals surface area contributed by atoms with Crippen LogP contribution in [-0.2, 0) is 5.41 Å². The van der Waals surface area contributed by atoms with Crippen molar-refractivity contribution < 1.29 is 0 Å². The molecule has 2 unspecified atom stereocenters. The second-order valence-electron chi connectivity index (χ2n) is 7.68. The zero-order valence-electron chi connectivity index (χ0n) is 15.4. The number of nitrogens with zero attached hydrogens (tertiary/aromatic N) is 2. The van der Waals surface area contributed by atoms with Gasteiger partial charge in [-0.25, -0.2) is 0 Å². The van der Waals surface area contributed by atoms with Gasteiger partial charge in [0, 0.05) is 11.4 Å². The normalized spacial score (nSPS) is 23.4. The predicted molar refractivity (Wildman–Crippen MR) is 110 cm³/mol. The van der Waals surface area contributed by atoms with Crippen LogP contribution in [0.1, 0.15) is 32.3 Å². The van der Waals surface area contributed by atoms with Crippen molar-refractivity contribution in [3.63, 3.8) is 0 Å². The van der Waals surface area contributed by atoms with Crippen molar-refractivity contribution in [1.82, 2.24) is 0 Å². The maximum atomic E-state index is 2.55. The molecule has 0 saturated heterocycles. The monoisotopic (exact) mass is 340 g/mol. The van der Waals surface area contributed by atoms with Crippen molar-refractivity contribution in [2.24, 2.45) is 0 Å². The molecule has 0 N–H and O–H groups in total. The average molecular weight is 340 g/mol. The van der Waals surface area contributed by atoms with Crippen LogP contribution >= 0.6 is 0 Å². The number of hydrogen-bond acceptors (Lipinski definition) is 2. The minimum absolute atomic E-state index is 0.187. The summed E-state index contributed by atoms with van der Waals surface area (Å²) in [6.07, 6.45) is 2.58. The minimum Gasteiger partial charge on any atom is -0.318 e. The minimum atomic E-state index is 0.187. The highest BCUT2D eigenvalue weighted by Crippen LogP contribution is 2.56. The molecule has 0 aliphatic carbocycles. The first-order valence-electron chi connectivity index (χ1n) is 9.55. The van der Waals surface area contributed by atoms with Crippen molar-refractivity contribution in [2.45, 2.75) is 38.3 Å². The van der Waals surface area contributed by atoms with Crippen LogP contribution in [0.2, 0.25) is 0 Å². The number of fused-ring (bicyclic) bond motifs is 5. The molecule has 3 aromatic rings. The fourth-order valence-corrected chi connectivity index (χ4v) is 4.72. The third-order valence-corrected chi connectivity index (χ3v) is 6.26. The molecule has 5 rings (SSSR count). The molecule has 2 heterocycles. The molecule has 3 aromatic carbocycles. The summed E-state index contributed by atoms with van der Waals surface area (Å²) in [7, 11) is 0. The molecular weight excluding hydrogens is 316 g/mol. The molecule has 26 heavy (non-hydrogen) atoms. The van der Waals surface area contributed by atoms with E-state index in [9.17, 15) is 0 Å². The summed E-state index contributed by atoms with van der Waals surface area (Å²) < 4.78 is 0. The van der Waals surface area contributed by atoms with E-state index in [-0.39, 0.29) is 5.41 Å². The molecule has 0 fully saturated rings. The molecule has 2 atom stereocenters. The molecule has 130 valence electrons. The summed E-state index contributed by atoms with van der Waals surface area (Å²) in [5.74, 6) is 0. The Bertz CT molecular complexity index is 949. The van der Waals surface area contributed by atoms with Crippen molar-refractivity contribution in [1.29, 1.82) is 0 Å². The highest BCUT2D eigenvalue weighted by Gasteiger charge is 2.47. The van der Waals surface area contributed by atoms with Crippen LogP contribution in [0.3, 0.4) is 0 Å². The molecular formula is C24H24N2. The SMILES string of the molecule is CCC1(C)CC2N(c3ccccc3)c3ccccc3N2c2ccccc21. The lowest BCUT2D eigenvalue weighted by Crippen LogP contribution is -2.47. The Morgan fingerprint density at radius 1 is 0.769 bits per heavy atom. The Hall–Kier alpha value is -2.74. The van der Waals surface area contributed by atoms with Gasteiger partial charge in [-0.2, -0.15) is 0 Å². The van der Waals surface area contributed by atoms with Crippen LogP contribution in [-0.4, -0.2) is 6.17 Å². The van der Waals surface area contributed by atoms with E-state index in [1.165, 1.54) is 28.3 Å². The average Bonchev–Trinajstić information content (AvgIpc) is 3.02. The summed E-state index contributed by atoms with van der Waals surface area (Å²) >= 11 is 0. The predicted octanol–water partition coefficient (Wildman–Crippen LogP) is 6.37. The second kappa shape index (κ2) is 5.63. The van der Waals surface area contributed by atoms with E-state index in [0.717, 1.165) is 12.8 Å². The van der Waals surface area contributed by atoms with Crippen LogP contribution in [0.4, 0.5) is 22.7 Å². The molecule has 2 nitrogen and oxygen atoms in total. The molecule has 0 radical (unpaired) electrons. The van der Waals surface area contributed by atoms with Gasteiger partial charge in [0.25, 0.3) is 0 Å². The number of para-hydroxylation sites is 4. The van der Waals surface area contributed by atoms with Crippen LogP contribution in [0, 0.1) is 0 Å². The summed E-state index contributed by atoms with van der Waals surface area (Å²) in [4.78, 5) is 5.08. The Kier molecular flexibility index (Phi) is 3.36. The van der Waals surface area contributed by atoms with E-state index in [0.29, 0.717) is 6.17 Å². The maximum Gasteiger partial charge on any atom is 0.112 e. The topological polar surface area (TPSA) is 6.48 Å². The van der Waals surface area contributed by atoms with Crippen molar-refractivity contribution in [2.75, 3.05) is 9.80 Å². The lowest BCUT2D eigenvalue weighted by atomic mass is 9.72. The van der Waals surface area contributed by atoms with Crippen LogP contribution in [0.5, 0.6) is 0 Å². The van der Waals surface area contributed by atoms with Crippen LogP contribution < -0.4 is 9.80 Å². The first-order chi connectivity index (χ1) is 12.7. The molecule has 0 saturated carbocycles. The van der Waals surface area contributed by atoms with Gasteiger partial charge in [-0.3, -0.25) is 0 Å². The third kappa shape index (κ3) is 2.05. The quantitative estimate of drug-likeness (QED) is 0.534. The largest absolute Gasteiger partial charge is 0.318 e. The van der Waals surface area contributed by atoms with E-state index in [4.69, 9.17) is 0 Å². The molecule has 2 aliphatic rings. The first kappa shape index (κ1) is 15.5. The van der Waals surface area contributed by atoms with Gasteiger partial charge in [0.1, 0.15) is 6.17 Å². The summed E-state index contributed by atoms with van der Waals surface area (Å²) in [5, 5.41) is 0. The van der Waals surface area contributed by atoms with Crippen molar-refractivity contribution >= 4 is 22.7 Å². The van der Waals surface area contributed by atoms with Crippen LogP contribution in [0.15, 0.2) is 78.9 Å². The Balaban J connectivity index is 1.76. The lowest BCUT2D eigenvalue weighted by molar-refractivity contribution is 0.364. The Morgan fingerprint density at radius 2 is 1.35 bits per heavy atom. The van der Waals surface area contributed by atoms with E-state index >= 15 is 0 Å². The third-order valence-electron chi connectivity index (χ3n) is 6.26. The van der Waals surface area contributed by atoms with Gasteiger partial charge in [-0.1, -0.05) is 62.4 Å². The highest BCUT2D eigenvalue weighted by atomic mass is 15.4. The van der Waals surface area contributed by atoms with Gasteiger partial charge in [0.15, 0.2) is 0 Å². The Labute approximate surface area is 155 Å². The summed E-state index contributed by atoms with van der Waals surface area (Å²) in [6, 6.07) is 28.6. The van der Waals surface area contributed by atoms with Gasteiger partial charge in [-0.15, -0.1) is 0 Å². The number of anilines is 4. The fraction of sp³-hybridized carbons (Fsp3) is 0.250. The molecule has 0 bridgehead atoms. The van der Waals surface area contributed by atoms with E-state index < -0.39 is 0 Å². The van der Waals surface area contributed by atoms with Crippen LogP contribution in [0.25, 0.3) is 0 Å². The Morgan fingerprint density at radius 3 is 2.04 bits per heavy atom. The number of hydrogen-bond donors (Lipinski definition) is 0. The number of rotatable bonds is 2. The summed E-state index contributed by atoms with van der Waals surface area (Å²) in [5.41, 5.74) is 6.91. The van der Waals surface area contributed by atoms with Gasteiger partial charge < -0.3 is 9.80 Å². The van der Waals surface area contributed by atoms with E-state index in [1.54, 1.807) is 0 Å². The molecule has 0 amide bonds. The summed E-state index contributed by atoms with van der Waals surface area (Å²) in [6.45, 7) is 4.75. The van der Waals surface area contributed by atoms with Gasteiger partial charge >= 0.3 is 0 Å².